The summed E-state index contributed by atoms with van der Waals surface area (Å²) in [5.41, 5.74) is 1.41. The third-order valence-corrected chi connectivity index (χ3v) is 3.19. The fraction of sp³-hybridized carbons (Fsp3) is 0.571. The maximum Gasteiger partial charge on any atom is 0.118 e. The third-order valence-electron chi connectivity index (χ3n) is 3.19. The fourth-order valence-electron chi connectivity index (χ4n) is 1.52. The molecule has 0 spiro atoms. The quantitative estimate of drug-likeness (QED) is 0.709. The summed E-state index contributed by atoms with van der Waals surface area (Å²) < 4.78 is 5.13. The maximum atomic E-state index is 5.13. The van der Waals surface area contributed by atoms with Crippen molar-refractivity contribution in [2.75, 3.05) is 7.11 Å². The second kappa shape index (κ2) is 5.79. The van der Waals surface area contributed by atoms with E-state index < -0.39 is 0 Å². The van der Waals surface area contributed by atoms with Crippen molar-refractivity contribution in [3.63, 3.8) is 0 Å². The second-order valence-corrected chi connectivity index (χ2v) is 4.61. The summed E-state index contributed by atoms with van der Waals surface area (Å²) in [5, 5.41) is 0. The topological polar surface area (TPSA) is 9.23 Å². The number of methoxy groups -OCH3 is 1. The third kappa shape index (κ3) is 3.94. The molecule has 0 aromatic heterocycles. The Morgan fingerprint density at radius 1 is 1.07 bits per heavy atom. The Hall–Kier alpha value is -0.980. The first kappa shape index (κ1) is 12.1. The van der Waals surface area contributed by atoms with Crippen LogP contribution in [0.2, 0.25) is 0 Å². The minimum Gasteiger partial charge on any atom is -0.497 e. The highest BCUT2D eigenvalue weighted by atomic mass is 16.5. The van der Waals surface area contributed by atoms with Gasteiger partial charge in [0, 0.05) is 0 Å². The molecule has 0 radical (unpaired) electrons. The van der Waals surface area contributed by atoms with E-state index in [9.17, 15) is 0 Å². The summed E-state index contributed by atoms with van der Waals surface area (Å²) in [6, 6.07) is 8.39. The van der Waals surface area contributed by atoms with Crippen LogP contribution < -0.4 is 4.74 Å². The number of rotatable bonds is 5. The number of hydrogen-bond acceptors (Lipinski definition) is 1. The van der Waals surface area contributed by atoms with Crippen molar-refractivity contribution in [3.05, 3.63) is 29.8 Å². The molecule has 15 heavy (non-hydrogen) atoms. The lowest BCUT2D eigenvalue weighted by Gasteiger charge is -2.15. The van der Waals surface area contributed by atoms with Gasteiger partial charge in [0.25, 0.3) is 0 Å². The summed E-state index contributed by atoms with van der Waals surface area (Å²) in [7, 11) is 1.70. The zero-order valence-corrected chi connectivity index (χ0v) is 10.3. The Morgan fingerprint density at radius 2 is 1.67 bits per heavy atom. The molecule has 0 saturated carbocycles. The van der Waals surface area contributed by atoms with E-state index >= 15 is 0 Å². The summed E-state index contributed by atoms with van der Waals surface area (Å²) >= 11 is 0. The molecule has 1 heteroatoms. The van der Waals surface area contributed by atoms with Crippen LogP contribution in [0.25, 0.3) is 0 Å². The van der Waals surface area contributed by atoms with Gasteiger partial charge in [-0.1, -0.05) is 32.9 Å². The predicted molar refractivity (Wildman–Crippen MR) is 65.3 cm³/mol. The Bertz CT molecular complexity index is 274. The van der Waals surface area contributed by atoms with Gasteiger partial charge < -0.3 is 4.74 Å². The number of hydrogen-bond donors (Lipinski definition) is 0. The van der Waals surface area contributed by atoms with Gasteiger partial charge in [0.15, 0.2) is 0 Å². The lowest BCUT2D eigenvalue weighted by Crippen LogP contribution is -2.05. The molecule has 84 valence electrons. The Balaban J connectivity index is 2.44. The molecule has 1 unspecified atom stereocenters. The fourth-order valence-corrected chi connectivity index (χ4v) is 1.52. The molecule has 0 aliphatic carbocycles. The SMILES string of the molecule is COc1ccc(CCC(C)C(C)C)cc1. The van der Waals surface area contributed by atoms with Gasteiger partial charge in [0.2, 0.25) is 0 Å². The van der Waals surface area contributed by atoms with Crippen molar-refractivity contribution >= 4 is 0 Å². The Kier molecular flexibility index (Phi) is 4.67. The molecule has 0 N–H and O–H groups in total. The lowest BCUT2D eigenvalue weighted by molar-refractivity contribution is 0.392. The highest BCUT2D eigenvalue weighted by Gasteiger charge is 2.06. The van der Waals surface area contributed by atoms with Crippen LogP contribution in [0.15, 0.2) is 24.3 Å². The largest absolute Gasteiger partial charge is 0.497 e. The van der Waals surface area contributed by atoms with Crippen molar-refractivity contribution in [3.8, 4) is 5.75 Å². The van der Waals surface area contributed by atoms with Crippen LogP contribution in [0.1, 0.15) is 32.8 Å². The first-order valence-electron chi connectivity index (χ1n) is 5.76. The standard InChI is InChI=1S/C14H22O/c1-11(2)12(3)5-6-13-7-9-14(15-4)10-8-13/h7-12H,5-6H2,1-4H3. The molecule has 1 aromatic carbocycles. The van der Waals surface area contributed by atoms with E-state index in [1.165, 1.54) is 18.4 Å². The van der Waals surface area contributed by atoms with Crippen LogP contribution in [-0.2, 0) is 6.42 Å². The van der Waals surface area contributed by atoms with Crippen molar-refractivity contribution in [1.82, 2.24) is 0 Å². The maximum absolute atomic E-state index is 5.13. The molecular formula is C14H22O. The molecule has 0 heterocycles. The highest BCUT2D eigenvalue weighted by Crippen LogP contribution is 2.18. The van der Waals surface area contributed by atoms with E-state index in [0.717, 1.165) is 17.6 Å². The molecule has 0 amide bonds. The predicted octanol–water partition coefficient (Wildman–Crippen LogP) is 3.92. The van der Waals surface area contributed by atoms with E-state index in [1.54, 1.807) is 7.11 Å². The average Bonchev–Trinajstić information content (AvgIpc) is 2.26. The lowest BCUT2D eigenvalue weighted by atomic mass is 9.91. The molecule has 1 aromatic rings. The van der Waals surface area contributed by atoms with E-state index in [-0.39, 0.29) is 0 Å². The first-order valence-corrected chi connectivity index (χ1v) is 5.76. The van der Waals surface area contributed by atoms with Crippen molar-refractivity contribution < 1.29 is 4.74 Å². The highest BCUT2D eigenvalue weighted by molar-refractivity contribution is 5.27. The number of aryl methyl sites for hydroxylation is 1. The molecule has 0 aliphatic rings. The van der Waals surface area contributed by atoms with E-state index in [1.807, 2.05) is 12.1 Å². The smallest absolute Gasteiger partial charge is 0.118 e. The molecule has 0 aliphatic heterocycles. The molecule has 1 rings (SSSR count). The summed E-state index contributed by atoms with van der Waals surface area (Å²) in [4.78, 5) is 0. The van der Waals surface area contributed by atoms with Gasteiger partial charge in [-0.2, -0.15) is 0 Å². The van der Waals surface area contributed by atoms with Crippen LogP contribution in [0, 0.1) is 11.8 Å². The molecule has 0 fully saturated rings. The molecule has 0 bridgehead atoms. The Morgan fingerprint density at radius 3 is 2.13 bits per heavy atom. The second-order valence-electron chi connectivity index (χ2n) is 4.61. The average molecular weight is 206 g/mol. The van der Waals surface area contributed by atoms with Gasteiger partial charge in [-0.05, 0) is 42.4 Å². The van der Waals surface area contributed by atoms with Crippen molar-refractivity contribution in [2.45, 2.75) is 33.6 Å². The summed E-state index contributed by atoms with van der Waals surface area (Å²) in [5.74, 6) is 2.52. The zero-order valence-electron chi connectivity index (χ0n) is 10.3. The number of ether oxygens (including phenoxy) is 1. The van der Waals surface area contributed by atoms with Gasteiger partial charge in [-0.25, -0.2) is 0 Å². The van der Waals surface area contributed by atoms with Crippen molar-refractivity contribution in [1.29, 1.82) is 0 Å². The minimum absolute atomic E-state index is 0.781. The monoisotopic (exact) mass is 206 g/mol. The van der Waals surface area contributed by atoms with Crippen LogP contribution in [0.5, 0.6) is 5.75 Å². The van der Waals surface area contributed by atoms with Gasteiger partial charge in [0.05, 0.1) is 7.11 Å². The van der Waals surface area contributed by atoms with E-state index in [0.29, 0.717) is 0 Å². The number of benzene rings is 1. The first-order chi connectivity index (χ1) is 7.13. The van der Waals surface area contributed by atoms with Crippen molar-refractivity contribution in [2.24, 2.45) is 11.8 Å². The van der Waals surface area contributed by atoms with Gasteiger partial charge >= 0.3 is 0 Å². The van der Waals surface area contributed by atoms with Crippen LogP contribution >= 0.6 is 0 Å². The van der Waals surface area contributed by atoms with Crippen LogP contribution in [-0.4, -0.2) is 7.11 Å². The van der Waals surface area contributed by atoms with Crippen LogP contribution in [0.3, 0.4) is 0 Å². The summed E-state index contributed by atoms with van der Waals surface area (Å²) in [6.07, 6.45) is 2.44. The Labute approximate surface area is 93.5 Å². The van der Waals surface area contributed by atoms with E-state index in [4.69, 9.17) is 4.74 Å². The van der Waals surface area contributed by atoms with E-state index in [2.05, 4.69) is 32.9 Å². The molecule has 0 saturated heterocycles. The minimum atomic E-state index is 0.781. The normalized spacial score (nSPS) is 12.9. The van der Waals surface area contributed by atoms with Gasteiger partial charge in [0.1, 0.15) is 5.75 Å². The molecule has 1 atom stereocenters. The summed E-state index contributed by atoms with van der Waals surface area (Å²) in [6.45, 7) is 6.91. The molecular weight excluding hydrogens is 184 g/mol. The van der Waals surface area contributed by atoms with Gasteiger partial charge in [-0.15, -0.1) is 0 Å². The van der Waals surface area contributed by atoms with Crippen LogP contribution in [0.4, 0.5) is 0 Å². The zero-order chi connectivity index (χ0) is 11.3. The molecule has 1 nitrogen and oxygen atoms in total. The van der Waals surface area contributed by atoms with Gasteiger partial charge in [-0.3, -0.25) is 0 Å².